The molecule has 0 spiro atoms. The standard InChI is InChI=1S/C9H10N4O/c1-6-11-9(14)12-13(6)8-4-2-3-7(10)5-8/h2-5H,10H2,1H3,(H,12,14). The van der Waals surface area contributed by atoms with Crippen LogP contribution in [0.3, 0.4) is 0 Å². The van der Waals surface area contributed by atoms with Gasteiger partial charge in [0.1, 0.15) is 5.82 Å². The number of hydrogen-bond acceptors (Lipinski definition) is 3. The van der Waals surface area contributed by atoms with E-state index in [4.69, 9.17) is 5.73 Å². The van der Waals surface area contributed by atoms with E-state index in [-0.39, 0.29) is 5.69 Å². The quantitative estimate of drug-likeness (QED) is 0.641. The Kier molecular flexibility index (Phi) is 1.85. The molecule has 0 amide bonds. The fourth-order valence-corrected chi connectivity index (χ4v) is 1.31. The van der Waals surface area contributed by atoms with E-state index >= 15 is 0 Å². The van der Waals surface area contributed by atoms with Crippen LogP contribution in [0.5, 0.6) is 0 Å². The third kappa shape index (κ3) is 1.39. The van der Waals surface area contributed by atoms with Crippen LogP contribution in [0.15, 0.2) is 29.1 Å². The van der Waals surface area contributed by atoms with Crippen LogP contribution in [0.1, 0.15) is 5.82 Å². The number of H-pyrrole nitrogens is 1. The molecule has 14 heavy (non-hydrogen) atoms. The number of aromatic amines is 1. The molecule has 0 bridgehead atoms. The van der Waals surface area contributed by atoms with Crippen LogP contribution in [-0.4, -0.2) is 14.8 Å². The fraction of sp³-hybridized carbons (Fsp3) is 0.111. The molecule has 0 unspecified atom stereocenters. The molecule has 2 aromatic rings. The van der Waals surface area contributed by atoms with Crippen LogP contribution in [0, 0.1) is 6.92 Å². The average molecular weight is 190 g/mol. The van der Waals surface area contributed by atoms with Gasteiger partial charge >= 0.3 is 5.69 Å². The lowest BCUT2D eigenvalue weighted by atomic mass is 10.3. The Morgan fingerprint density at radius 3 is 2.86 bits per heavy atom. The SMILES string of the molecule is Cc1nc(=O)[nH]n1-c1cccc(N)c1. The van der Waals surface area contributed by atoms with Crippen LogP contribution in [0.4, 0.5) is 5.69 Å². The van der Waals surface area contributed by atoms with Gasteiger partial charge in [-0.05, 0) is 25.1 Å². The topological polar surface area (TPSA) is 76.7 Å². The Hall–Kier alpha value is -2.04. The minimum Gasteiger partial charge on any atom is -0.399 e. The van der Waals surface area contributed by atoms with Crippen LogP contribution in [-0.2, 0) is 0 Å². The highest BCUT2D eigenvalue weighted by Crippen LogP contribution is 2.10. The van der Waals surface area contributed by atoms with Gasteiger partial charge in [0.2, 0.25) is 0 Å². The van der Waals surface area contributed by atoms with Crippen molar-refractivity contribution in [2.45, 2.75) is 6.92 Å². The van der Waals surface area contributed by atoms with Crippen LogP contribution in [0.2, 0.25) is 0 Å². The van der Waals surface area contributed by atoms with Gasteiger partial charge < -0.3 is 5.73 Å². The Morgan fingerprint density at radius 1 is 1.50 bits per heavy atom. The molecule has 0 aliphatic carbocycles. The smallest absolute Gasteiger partial charge is 0.361 e. The number of nitrogens with zero attached hydrogens (tertiary/aromatic N) is 2. The molecule has 0 fully saturated rings. The highest BCUT2D eigenvalue weighted by molar-refractivity contribution is 5.47. The van der Waals surface area contributed by atoms with Crippen molar-refractivity contribution in [1.29, 1.82) is 0 Å². The molecule has 0 saturated heterocycles. The summed E-state index contributed by atoms with van der Waals surface area (Å²) < 4.78 is 1.60. The monoisotopic (exact) mass is 190 g/mol. The van der Waals surface area contributed by atoms with Gasteiger partial charge in [-0.1, -0.05) is 6.07 Å². The maximum absolute atomic E-state index is 11.0. The molecule has 2 rings (SSSR count). The summed E-state index contributed by atoms with van der Waals surface area (Å²) in [5, 5.41) is 2.58. The first kappa shape index (κ1) is 8.55. The van der Waals surface area contributed by atoms with E-state index in [0.29, 0.717) is 11.5 Å². The average Bonchev–Trinajstić information content (AvgIpc) is 2.45. The van der Waals surface area contributed by atoms with Gasteiger partial charge in [-0.2, -0.15) is 4.98 Å². The number of nitrogens with one attached hydrogen (secondary N) is 1. The van der Waals surface area contributed by atoms with Crippen molar-refractivity contribution in [1.82, 2.24) is 14.8 Å². The lowest BCUT2D eigenvalue weighted by Gasteiger charge is -2.03. The fourth-order valence-electron chi connectivity index (χ4n) is 1.31. The van der Waals surface area contributed by atoms with Crippen molar-refractivity contribution in [3.8, 4) is 5.69 Å². The first-order valence-electron chi connectivity index (χ1n) is 4.18. The van der Waals surface area contributed by atoms with Crippen molar-refractivity contribution in [2.24, 2.45) is 0 Å². The Morgan fingerprint density at radius 2 is 2.29 bits per heavy atom. The molecular formula is C9H10N4O. The highest BCUT2D eigenvalue weighted by atomic mass is 16.1. The number of aryl methyl sites for hydroxylation is 1. The molecule has 72 valence electrons. The van der Waals surface area contributed by atoms with Crippen LogP contribution < -0.4 is 11.4 Å². The van der Waals surface area contributed by atoms with Crippen LogP contribution >= 0.6 is 0 Å². The second kappa shape index (κ2) is 3.02. The maximum atomic E-state index is 11.0. The van der Waals surface area contributed by atoms with Gasteiger partial charge in [0.15, 0.2) is 0 Å². The molecule has 5 nitrogen and oxygen atoms in total. The molecule has 0 aliphatic heterocycles. The van der Waals surface area contributed by atoms with E-state index in [1.807, 2.05) is 12.1 Å². The lowest BCUT2D eigenvalue weighted by Crippen LogP contribution is -2.05. The molecule has 1 aromatic carbocycles. The third-order valence-electron chi connectivity index (χ3n) is 1.92. The predicted molar refractivity (Wildman–Crippen MR) is 53.3 cm³/mol. The summed E-state index contributed by atoms with van der Waals surface area (Å²) in [4.78, 5) is 14.7. The molecule has 0 saturated carbocycles. The van der Waals surface area contributed by atoms with E-state index in [1.165, 1.54) is 0 Å². The van der Waals surface area contributed by atoms with Crippen LogP contribution in [0.25, 0.3) is 5.69 Å². The molecule has 1 aromatic heterocycles. The zero-order chi connectivity index (χ0) is 10.1. The molecule has 3 N–H and O–H groups in total. The number of rotatable bonds is 1. The van der Waals surface area contributed by atoms with Gasteiger partial charge in [-0.3, -0.25) is 0 Å². The zero-order valence-corrected chi connectivity index (χ0v) is 7.69. The van der Waals surface area contributed by atoms with E-state index in [2.05, 4.69) is 10.1 Å². The largest absolute Gasteiger partial charge is 0.399 e. The molecular weight excluding hydrogens is 180 g/mol. The minimum atomic E-state index is -0.357. The Bertz CT molecular complexity index is 512. The van der Waals surface area contributed by atoms with Gasteiger partial charge in [-0.15, -0.1) is 0 Å². The van der Waals surface area contributed by atoms with Gasteiger partial charge in [0, 0.05) is 5.69 Å². The first-order valence-corrected chi connectivity index (χ1v) is 4.18. The molecule has 0 aliphatic rings. The van der Waals surface area contributed by atoms with Gasteiger partial charge in [0.05, 0.1) is 5.69 Å². The van der Waals surface area contributed by atoms with Gasteiger partial charge in [-0.25, -0.2) is 14.6 Å². The molecule has 0 radical (unpaired) electrons. The van der Waals surface area contributed by atoms with Crippen molar-refractivity contribution >= 4 is 5.69 Å². The lowest BCUT2D eigenvalue weighted by molar-refractivity contribution is 0.832. The second-order valence-corrected chi connectivity index (χ2v) is 3.01. The number of benzene rings is 1. The van der Waals surface area contributed by atoms with E-state index in [1.54, 1.807) is 23.7 Å². The number of anilines is 1. The summed E-state index contributed by atoms with van der Waals surface area (Å²) in [5.74, 6) is 0.612. The number of nitrogen functional groups attached to an aromatic ring is 1. The Labute approximate surface area is 80.2 Å². The van der Waals surface area contributed by atoms with Gasteiger partial charge in [0.25, 0.3) is 0 Å². The predicted octanol–water partition coefficient (Wildman–Crippen LogP) is 0.451. The van der Waals surface area contributed by atoms with Crippen molar-refractivity contribution in [3.05, 3.63) is 40.6 Å². The van der Waals surface area contributed by atoms with E-state index < -0.39 is 0 Å². The number of nitrogens with two attached hydrogens (primary N) is 1. The number of hydrogen-bond donors (Lipinski definition) is 2. The van der Waals surface area contributed by atoms with Crippen molar-refractivity contribution in [3.63, 3.8) is 0 Å². The van der Waals surface area contributed by atoms with E-state index in [0.717, 1.165) is 5.69 Å². The summed E-state index contributed by atoms with van der Waals surface area (Å²) in [6.45, 7) is 1.75. The highest BCUT2D eigenvalue weighted by Gasteiger charge is 2.02. The van der Waals surface area contributed by atoms with Crippen molar-refractivity contribution in [2.75, 3.05) is 5.73 Å². The molecule has 0 atom stereocenters. The molecule has 1 heterocycles. The summed E-state index contributed by atoms with van der Waals surface area (Å²) in [6.07, 6.45) is 0. The maximum Gasteiger partial charge on any atom is 0.361 e. The third-order valence-corrected chi connectivity index (χ3v) is 1.92. The summed E-state index contributed by atoms with van der Waals surface area (Å²) in [7, 11) is 0. The minimum absolute atomic E-state index is 0.357. The number of aromatic nitrogens is 3. The molecule has 5 heteroatoms. The summed E-state index contributed by atoms with van der Waals surface area (Å²) >= 11 is 0. The van der Waals surface area contributed by atoms with Crippen molar-refractivity contribution < 1.29 is 0 Å². The first-order chi connectivity index (χ1) is 6.66. The normalized spacial score (nSPS) is 10.4. The van der Waals surface area contributed by atoms with E-state index in [9.17, 15) is 4.79 Å². The Balaban J connectivity index is 2.59. The second-order valence-electron chi connectivity index (χ2n) is 3.01. The summed E-state index contributed by atoms with van der Waals surface area (Å²) in [5.41, 5.74) is 6.72. The summed E-state index contributed by atoms with van der Waals surface area (Å²) in [6, 6.07) is 7.22. The zero-order valence-electron chi connectivity index (χ0n) is 7.69.